The molecule has 0 spiro atoms. The molecule has 2 aromatic carbocycles. The Morgan fingerprint density at radius 1 is 1.03 bits per heavy atom. The predicted octanol–water partition coefficient (Wildman–Crippen LogP) is 5.62. The maximum Gasteiger partial charge on any atom is 0.342 e. The summed E-state index contributed by atoms with van der Waals surface area (Å²) >= 11 is 0. The SMILES string of the molecule is COc1c2c(cc3c1C(c1ccccc1)CC(=O)O3)C=CCCCC(=O)CCC[C@H](C)OC2=O. The van der Waals surface area contributed by atoms with E-state index in [1.54, 1.807) is 6.07 Å². The van der Waals surface area contributed by atoms with Gasteiger partial charge >= 0.3 is 11.9 Å². The van der Waals surface area contributed by atoms with E-state index in [0.717, 1.165) is 12.0 Å². The highest BCUT2D eigenvalue weighted by Gasteiger charge is 2.36. The topological polar surface area (TPSA) is 78.9 Å². The van der Waals surface area contributed by atoms with E-state index < -0.39 is 5.97 Å². The van der Waals surface area contributed by atoms with Crippen molar-refractivity contribution in [2.24, 2.45) is 0 Å². The molecule has 0 saturated carbocycles. The Hall–Kier alpha value is -3.41. The second-order valence-corrected chi connectivity index (χ2v) is 8.87. The van der Waals surface area contributed by atoms with Gasteiger partial charge in [-0.2, -0.15) is 0 Å². The van der Waals surface area contributed by atoms with Crippen LogP contribution in [0.4, 0.5) is 0 Å². The molecule has 0 bridgehead atoms. The second-order valence-electron chi connectivity index (χ2n) is 8.87. The fraction of sp³-hybridized carbons (Fsp3) is 0.393. The van der Waals surface area contributed by atoms with Crippen molar-refractivity contribution in [3.63, 3.8) is 0 Å². The number of carbonyl (C=O) groups is 3. The summed E-state index contributed by atoms with van der Waals surface area (Å²) in [5.41, 5.74) is 2.52. The molecular weight excluding hydrogens is 432 g/mol. The highest BCUT2D eigenvalue weighted by molar-refractivity contribution is 5.99. The van der Waals surface area contributed by atoms with E-state index in [-0.39, 0.29) is 30.2 Å². The Morgan fingerprint density at radius 2 is 1.79 bits per heavy atom. The van der Waals surface area contributed by atoms with E-state index in [9.17, 15) is 14.4 Å². The summed E-state index contributed by atoms with van der Waals surface area (Å²) in [4.78, 5) is 37.9. The second kappa shape index (κ2) is 10.7. The number of fused-ring (bicyclic) bond motifs is 2. The van der Waals surface area contributed by atoms with Gasteiger partial charge in [-0.25, -0.2) is 4.79 Å². The first-order valence-corrected chi connectivity index (χ1v) is 11.9. The molecule has 4 rings (SSSR count). The smallest absolute Gasteiger partial charge is 0.342 e. The number of rotatable bonds is 2. The Labute approximate surface area is 199 Å². The molecule has 2 atom stereocenters. The first-order valence-electron chi connectivity index (χ1n) is 11.9. The number of hydrogen-bond acceptors (Lipinski definition) is 6. The van der Waals surface area contributed by atoms with E-state index in [2.05, 4.69) is 0 Å². The van der Waals surface area contributed by atoms with Crippen molar-refractivity contribution in [1.29, 1.82) is 0 Å². The molecule has 2 aromatic rings. The van der Waals surface area contributed by atoms with E-state index in [1.807, 2.05) is 49.4 Å². The molecule has 0 fully saturated rings. The maximum absolute atomic E-state index is 13.4. The number of hydrogen-bond donors (Lipinski definition) is 0. The number of benzene rings is 2. The number of ether oxygens (including phenoxy) is 3. The van der Waals surface area contributed by atoms with Crippen molar-refractivity contribution in [2.75, 3.05) is 7.11 Å². The lowest BCUT2D eigenvalue weighted by molar-refractivity contribution is -0.135. The van der Waals surface area contributed by atoms with Crippen molar-refractivity contribution >= 4 is 23.8 Å². The van der Waals surface area contributed by atoms with Gasteiger partial charge in [0.2, 0.25) is 0 Å². The predicted molar refractivity (Wildman–Crippen MR) is 128 cm³/mol. The number of cyclic esters (lactones) is 1. The molecule has 2 aliphatic heterocycles. The number of Topliss-reactive ketones (excluding diaryl/α,β-unsaturated/α-hetero) is 1. The lowest BCUT2D eigenvalue weighted by Gasteiger charge is -2.29. The molecule has 2 aliphatic rings. The van der Waals surface area contributed by atoms with Gasteiger partial charge in [0.05, 0.1) is 19.6 Å². The zero-order valence-corrected chi connectivity index (χ0v) is 19.7. The van der Waals surface area contributed by atoms with Crippen molar-refractivity contribution < 1.29 is 28.6 Å². The standard InChI is InChI=1S/C28H30O6/c1-18-10-9-15-21(29)14-8-4-7-13-20-16-23-26(27(32-2)25(20)28(31)33-18)22(17-24(30)34-23)19-11-5-3-6-12-19/h3,5-7,11-13,16,18,22H,4,8-10,14-15,17H2,1-2H3/t18-,22?/m0/s1. The first-order chi connectivity index (χ1) is 16.5. The molecule has 0 radical (unpaired) electrons. The monoisotopic (exact) mass is 462 g/mol. The van der Waals surface area contributed by atoms with Crippen molar-refractivity contribution in [1.82, 2.24) is 0 Å². The van der Waals surface area contributed by atoms with Crippen LogP contribution in [0.5, 0.6) is 11.5 Å². The van der Waals surface area contributed by atoms with E-state index in [0.29, 0.717) is 60.3 Å². The van der Waals surface area contributed by atoms with Gasteiger partial charge in [-0.15, -0.1) is 0 Å². The van der Waals surface area contributed by atoms with Gasteiger partial charge in [0, 0.05) is 24.3 Å². The Kier molecular flexibility index (Phi) is 7.46. The molecule has 0 aromatic heterocycles. The van der Waals surface area contributed by atoms with Crippen LogP contribution in [0.15, 0.2) is 42.5 Å². The van der Waals surface area contributed by atoms with Crippen LogP contribution in [0.3, 0.4) is 0 Å². The Morgan fingerprint density at radius 3 is 2.56 bits per heavy atom. The van der Waals surface area contributed by atoms with E-state index in [4.69, 9.17) is 14.2 Å². The molecule has 1 unspecified atom stereocenters. The van der Waals surface area contributed by atoms with Gasteiger partial charge in [0.1, 0.15) is 22.8 Å². The summed E-state index contributed by atoms with van der Waals surface area (Å²) in [6, 6.07) is 11.4. The number of methoxy groups -OCH3 is 1. The normalized spacial score (nSPS) is 21.5. The molecule has 6 nitrogen and oxygen atoms in total. The van der Waals surface area contributed by atoms with Crippen molar-refractivity contribution in [2.45, 2.75) is 63.9 Å². The highest BCUT2D eigenvalue weighted by atomic mass is 16.5. The van der Waals surface area contributed by atoms with Crippen LogP contribution in [0.1, 0.15) is 84.8 Å². The molecule has 178 valence electrons. The molecule has 34 heavy (non-hydrogen) atoms. The van der Waals surface area contributed by atoms with E-state index in [1.165, 1.54) is 7.11 Å². The van der Waals surface area contributed by atoms with Crippen LogP contribution in [0.2, 0.25) is 0 Å². The minimum absolute atomic E-state index is 0.154. The minimum Gasteiger partial charge on any atom is -0.495 e. The van der Waals surface area contributed by atoms with E-state index >= 15 is 0 Å². The summed E-state index contributed by atoms with van der Waals surface area (Å²) in [5, 5.41) is 0. The number of allylic oxidation sites excluding steroid dienone is 1. The van der Waals surface area contributed by atoms with Crippen LogP contribution in [-0.2, 0) is 14.3 Å². The number of carbonyl (C=O) groups excluding carboxylic acids is 3. The summed E-state index contributed by atoms with van der Waals surface area (Å²) in [6.07, 6.45) is 7.34. The average molecular weight is 463 g/mol. The molecule has 0 N–H and O–H groups in total. The molecular formula is C28H30O6. The summed E-state index contributed by atoms with van der Waals surface area (Å²) in [7, 11) is 1.52. The zero-order valence-electron chi connectivity index (χ0n) is 19.7. The van der Waals surface area contributed by atoms with Gasteiger partial charge < -0.3 is 14.2 Å². The number of esters is 2. The van der Waals surface area contributed by atoms with Crippen LogP contribution in [-0.4, -0.2) is 30.9 Å². The lowest BCUT2D eigenvalue weighted by Crippen LogP contribution is -2.24. The summed E-state index contributed by atoms with van der Waals surface area (Å²) in [5.74, 6) is -0.118. The molecule has 2 heterocycles. The molecule has 6 heteroatoms. The van der Waals surface area contributed by atoms with Crippen molar-refractivity contribution in [3.05, 3.63) is 64.7 Å². The third-order valence-corrected chi connectivity index (χ3v) is 6.36. The van der Waals surface area contributed by atoms with Crippen molar-refractivity contribution in [3.8, 4) is 11.5 Å². The average Bonchev–Trinajstić information content (AvgIpc) is 2.82. The third-order valence-electron chi connectivity index (χ3n) is 6.36. The Bertz CT molecular complexity index is 1100. The van der Waals surface area contributed by atoms with Gasteiger partial charge in [-0.05, 0) is 49.8 Å². The zero-order chi connectivity index (χ0) is 24.1. The van der Waals surface area contributed by atoms with Gasteiger partial charge in [-0.1, -0.05) is 42.5 Å². The third kappa shape index (κ3) is 5.22. The maximum atomic E-state index is 13.4. The Balaban J connectivity index is 1.85. The first kappa shape index (κ1) is 23.7. The van der Waals surface area contributed by atoms with Crippen LogP contribution >= 0.6 is 0 Å². The fourth-order valence-electron chi connectivity index (χ4n) is 4.68. The van der Waals surface area contributed by atoms with Crippen LogP contribution in [0, 0.1) is 0 Å². The van der Waals surface area contributed by atoms with Gasteiger partial charge in [0.15, 0.2) is 0 Å². The molecule has 0 aliphatic carbocycles. The van der Waals surface area contributed by atoms with Crippen LogP contribution < -0.4 is 9.47 Å². The van der Waals surface area contributed by atoms with Gasteiger partial charge in [0.25, 0.3) is 0 Å². The minimum atomic E-state index is -0.487. The van der Waals surface area contributed by atoms with Crippen LogP contribution in [0.25, 0.3) is 6.08 Å². The largest absolute Gasteiger partial charge is 0.495 e. The highest BCUT2D eigenvalue weighted by Crippen LogP contribution is 2.47. The van der Waals surface area contributed by atoms with Gasteiger partial charge in [-0.3, -0.25) is 9.59 Å². The lowest BCUT2D eigenvalue weighted by atomic mass is 9.83. The fourth-order valence-corrected chi connectivity index (χ4v) is 4.68. The summed E-state index contributed by atoms with van der Waals surface area (Å²) < 4.78 is 17.2. The molecule has 0 saturated heterocycles. The molecule has 0 amide bonds. The number of ketones is 1. The summed E-state index contributed by atoms with van der Waals surface area (Å²) in [6.45, 7) is 1.84. The quantitative estimate of drug-likeness (QED) is 0.426.